The standard InChI is InChI=1S/C29H24F2N6O3/c1-32-26(38)16-23-21-6-2-4-8-24(21)36(15-14-29(23,30)31)28(40)19-10-12-20(13-11-19)35-27(39)22-7-3-5-9-25(22)37-18-33-17-34-37/h2-13,16-18H,14-15H2,1H3,(H,32,38)(H,35,39)/b23-16-. The number of amides is 3. The highest BCUT2D eigenvalue weighted by Crippen LogP contribution is 2.43. The van der Waals surface area contributed by atoms with Gasteiger partial charge in [0.15, 0.2) is 0 Å². The van der Waals surface area contributed by atoms with Crippen LogP contribution in [0.3, 0.4) is 0 Å². The number of para-hydroxylation sites is 2. The molecule has 9 nitrogen and oxygen atoms in total. The molecule has 1 aromatic heterocycles. The number of carbonyl (C=O) groups is 3. The van der Waals surface area contributed by atoms with Crippen LogP contribution in [0.15, 0.2) is 91.5 Å². The third-order valence-corrected chi connectivity index (χ3v) is 6.50. The second-order valence-corrected chi connectivity index (χ2v) is 8.99. The largest absolute Gasteiger partial charge is 0.356 e. The molecule has 5 rings (SSSR count). The van der Waals surface area contributed by atoms with Crippen LogP contribution in [0.1, 0.15) is 32.7 Å². The monoisotopic (exact) mass is 542 g/mol. The van der Waals surface area contributed by atoms with Crippen LogP contribution < -0.4 is 15.5 Å². The fourth-order valence-corrected chi connectivity index (χ4v) is 4.49. The topological polar surface area (TPSA) is 109 Å². The molecule has 0 atom stereocenters. The van der Waals surface area contributed by atoms with E-state index in [0.717, 1.165) is 6.08 Å². The van der Waals surface area contributed by atoms with Gasteiger partial charge in [-0.2, -0.15) is 5.10 Å². The van der Waals surface area contributed by atoms with Crippen molar-refractivity contribution in [3.63, 3.8) is 0 Å². The number of rotatable bonds is 5. The Bertz CT molecular complexity index is 1600. The van der Waals surface area contributed by atoms with E-state index in [1.165, 1.54) is 47.5 Å². The van der Waals surface area contributed by atoms with Crippen molar-refractivity contribution in [3.8, 4) is 5.69 Å². The van der Waals surface area contributed by atoms with Gasteiger partial charge in [0.05, 0.1) is 16.9 Å². The van der Waals surface area contributed by atoms with Gasteiger partial charge in [-0.1, -0.05) is 30.3 Å². The Hall–Kier alpha value is -5.19. The summed E-state index contributed by atoms with van der Waals surface area (Å²) in [6.45, 7) is -0.258. The number of hydrogen-bond acceptors (Lipinski definition) is 5. The van der Waals surface area contributed by atoms with Gasteiger partial charge in [-0.05, 0) is 42.5 Å². The molecule has 11 heteroatoms. The minimum absolute atomic E-state index is 0.108. The number of nitrogens with one attached hydrogen (secondary N) is 2. The number of likely N-dealkylation sites (N-methyl/N-ethyl adjacent to an activating group) is 1. The highest BCUT2D eigenvalue weighted by atomic mass is 19.3. The molecule has 2 heterocycles. The SMILES string of the molecule is CNC(=O)/C=C1/c2ccccc2N(C(=O)c2ccc(NC(=O)c3ccccc3-n3cncn3)cc2)CCC1(F)F. The lowest BCUT2D eigenvalue weighted by Gasteiger charge is -2.23. The van der Waals surface area contributed by atoms with E-state index in [1.54, 1.807) is 54.6 Å². The second kappa shape index (κ2) is 10.9. The summed E-state index contributed by atoms with van der Waals surface area (Å²) in [6, 6.07) is 19.4. The first-order valence-corrected chi connectivity index (χ1v) is 12.4. The Kier molecular flexibility index (Phi) is 7.19. The number of carbonyl (C=O) groups excluding carboxylic acids is 3. The lowest BCUT2D eigenvalue weighted by molar-refractivity contribution is -0.116. The van der Waals surface area contributed by atoms with Crippen LogP contribution in [0.4, 0.5) is 20.2 Å². The molecular formula is C29H24F2N6O3. The zero-order chi connectivity index (χ0) is 28.3. The zero-order valence-electron chi connectivity index (χ0n) is 21.3. The van der Waals surface area contributed by atoms with Crippen LogP contribution in [0.25, 0.3) is 11.3 Å². The number of nitrogens with zero attached hydrogens (tertiary/aromatic N) is 4. The van der Waals surface area contributed by atoms with Crippen molar-refractivity contribution in [2.24, 2.45) is 0 Å². The van der Waals surface area contributed by atoms with Crippen LogP contribution >= 0.6 is 0 Å². The molecule has 0 saturated carbocycles. The van der Waals surface area contributed by atoms with E-state index < -0.39 is 29.7 Å². The van der Waals surface area contributed by atoms with Crippen molar-refractivity contribution < 1.29 is 23.2 Å². The summed E-state index contributed by atoms with van der Waals surface area (Å²) in [7, 11) is 1.36. The Balaban J connectivity index is 1.39. The molecule has 1 aliphatic rings. The Morgan fingerprint density at radius 3 is 2.35 bits per heavy atom. The Morgan fingerprint density at radius 1 is 0.950 bits per heavy atom. The van der Waals surface area contributed by atoms with Gasteiger partial charge in [0.1, 0.15) is 12.7 Å². The van der Waals surface area contributed by atoms with Gasteiger partial charge in [0.2, 0.25) is 5.91 Å². The number of fused-ring (bicyclic) bond motifs is 1. The normalized spacial score (nSPS) is 15.2. The summed E-state index contributed by atoms with van der Waals surface area (Å²) in [4.78, 5) is 43.7. The molecule has 4 aromatic rings. The van der Waals surface area contributed by atoms with E-state index in [2.05, 4.69) is 20.7 Å². The molecule has 0 radical (unpaired) electrons. The Labute approximate surface area is 228 Å². The molecule has 0 unspecified atom stereocenters. The number of allylic oxidation sites excluding steroid dienone is 1. The smallest absolute Gasteiger partial charge is 0.275 e. The number of benzene rings is 3. The van der Waals surface area contributed by atoms with E-state index in [0.29, 0.717) is 16.9 Å². The first kappa shape index (κ1) is 26.4. The molecule has 0 saturated heterocycles. The molecular weight excluding hydrogens is 518 g/mol. The molecule has 0 spiro atoms. The van der Waals surface area contributed by atoms with Gasteiger partial charge in [0.25, 0.3) is 17.7 Å². The highest BCUT2D eigenvalue weighted by molar-refractivity contribution is 6.10. The second-order valence-electron chi connectivity index (χ2n) is 8.99. The maximum Gasteiger partial charge on any atom is 0.275 e. The molecule has 202 valence electrons. The number of halogens is 2. The Morgan fingerprint density at radius 2 is 1.65 bits per heavy atom. The van der Waals surface area contributed by atoms with Crippen molar-refractivity contribution in [1.29, 1.82) is 0 Å². The summed E-state index contributed by atoms with van der Waals surface area (Å²) < 4.78 is 31.8. The van der Waals surface area contributed by atoms with Gasteiger partial charge < -0.3 is 15.5 Å². The summed E-state index contributed by atoms with van der Waals surface area (Å²) in [5, 5.41) is 9.22. The van der Waals surface area contributed by atoms with Crippen molar-refractivity contribution in [2.75, 3.05) is 23.8 Å². The van der Waals surface area contributed by atoms with Crippen molar-refractivity contribution in [3.05, 3.63) is 108 Å². The lowest BCUT2D eigenvalue weighted by atomic mass is 9.97. The minimum atomic E-state index is -3.33. The average Bonchev–Trinajstić information content (AvgIpc) is 3.48. The first-order valence-electron chi connectivity index (χ1n) is 12.4. The fraction of sp³-hybridized carbons (Fsp3) is 0.138. The fourth-order valence-electron chi connectivity index (χ4n) is 4.49. The van der Waals surface area contributed by atoms with Gasteiger partial charge >= 0.3 is 0 Å². The van der Waals surface area contributed by atoms with Crippen molar-refractivity contribution in [1.82, 2.24) is 20.1 Å². The quantitative estimate of drug-likeness (QED) is 0.365. The average molecular weight is 543 g/mol. The van der Waals surface area contributed by atoms with E-state index in [-0.39, 0.29) is 29.3 Å². The number of anilines is 2. The van der Waals surface area contributed by atoms with Gasteiger partial charge in [0, 0.05) is 48.5 Å². The molecule has 0 fully saturated rings. The van der Waals surface area contributed by atoms with E-state index >= 15 is 8.78 Å². The van der Waals surface area contributed by atoms with Gasteiger partial charge in [-0.25, -0.2) is 18.4 Å². The summed E-state index contributed by atoms with van der Waals surface area (Å²) >= 11 is 0. The lowest BCUT2D eigenvalue weighted by Crippen LogP contribution is -2.33. The van der Waals surface area contributed by atoms with Crippen molar-refractivity contribution in [2.45, 2.75) is 12.3 Å². The van der Waals surface area contributed by atoms with E-state index in [4.69, 9.17) is 0 Å². The summed E-state index contributed by atoms with van der Waals surface area (Å²) in [5.74, 6) is -4.86. The number of aromatic nitrogens is 3. The first-order chi connectivity index (χ1) is 19.3. The minimum Gasteiger partial charge on any atom is -0.356 e. The van der Waals surface area contributed by atoms with Crippen LogP contribution in [0.5, 0.6) is 0 Å². The predicted molar refractivity (Wildman–Crippen MR) is 145 cm³/mol. The predicted octanol–water partition coefficient (Wildman–Crippen LogP) is 4.33. The third-order valence-electron chi connectivity index (χ3n) is 6.50. The van der Waals surface area contributed by atoms with Gasteiger partial charge in [-0.15, -0.1) is 0 Å². The molecule has 3 amide bonds. The number of hydrogen-bond donors (Lipinski definition) is 2. The van der Waals surface area contributed by atoms with Gasteiger partial charge in [-0.3, -0.25) is 14.4 Å². The number of alkyl halides is 2. The molecule has 0 aliphatic carbocycles. The summed E-state index contributed by atoms with van der Waals surface area (Å²) in [5.41, 5.74) is 1.55. The summed E-state index contributed by atoms with van der Waals surface area (Å²) in [6.07, 6.45) is 3.08. The highest BCUT2D eigenvalue weighted by Gasteiger charge is 2.41. The van der Waals surface area contributed by atoms with Crippen LogP contribution in [-0.2, 0) is 4.79 Å². The van der Waals surface area contributed by atoms with E-state index in [1.807, 2.05) is 0 Å². The maximum atomic E-state index is 15.1. The molecule has 2 N–H and O–H groups in total. The van der Waals surface area contributed by atoms with Crippen molar-refractivity contribution >= 4 is 34.7 Å². The molecule has 0 bridgehead atoms. The zero-order valence-corrected chi connectivity index (χ0v) is 21.3. The molecule has 1 aliphatic heterocycles. The van der Waals surface area contributed by atoms with Crippen LogP contribution in [0.2, 0.25) is 0 Å². The molecule has 3 aromatic carbocycles. The maximum absolute atomic E-state index is 15.1. The molecule has 40 heavy (non-hydrogen) atoms. The third kappa shape index (κ3) is 5.21. The van der Waals surface area contributed by atoms with E-state index in [9.17, 15) is 14.4 Å². The van der Waals surface area contributed by atoms with Crippen LogP contribution in [0, 0.1) is 0 Å². The van der Waals surface area contributed by atoms with Crippen LogP contribution in [-0.4, -0.2) is 52.0 Å².